The molecule has 2 aromatic heterocycles. The number of rotatable bonds is 4. The third-order valence-electron chi connectivity index (χ3n) is 2.17. The lowest BCUT2D eigenvalue weighted by Gasteiger charge is -2.12. The van der Waals surface area contributed by atoms with Crippen molar-refractivity contribution in [3.8, 4) is 0 Å². The first kappa shape index (κ1) is 10.5. The summed E-state index contributed by atoms with van der Waals surface area (Å²) in [5.41, 5.74) is 5.56. The Labute approximate surface area is 93.7 Å². The number of furan rings is 1. The molecule has 1 unspecified atom stereocenters. The molecule has 0 saturated carbocycles. The average Bonchev–Trinajstić information content (AvgIpc) is 2.70. The van der Waals surface area contributed by atoms with Crippen molar-refractivity contribution >= 4 is 11.6 Å². The van der Waals surface area contributed by atoms with Crippen LogP contribution >= 0.6 is 0 Å². The number of anilines is 2. The number of nitrogens with zero attached hydrogens (tertiary/aromatic N) is 2. The van der Waals surface area contributed by atoms with Gasteiger partial charge in [0.2, 0.25) is 0 Å². The zero-order valence-electron chi connectivity index (χ0n) is 9.05. The Morgan fingerprint density at radius 1 is 1.50 bits per heavy atom. The predicted octanol–water partition coefficient (Wildman–Crippen LogP) is 1.69. The maximum absolute atomic E-state index is 5.56. The molecular formula is C11H14N4O. The standard InChI is InChI=1S/C11H14N4O/c1-8(5-9-3-2-4-16-9)15-11-6-10(12)13-7-14-11/h2-4,6-8H,5H2,1H3,(H3,12,13,14,15). The number of hydrogen-bond donors (Lipinski definition) is 2. The molecule has 0 aliphatic carbocycles. The van der Waals surface area contributed by atoms with Crippen LogP contribution in [0.5, 0.6) is 0 Å². The largest absolute Gasteiger partial charge is 0.469 e. The number of nitrogens with two attached hydrogens (primary N) is 1. The molecule has 2 aromatic rings. The molecule has 0 spiro atoms. The molecule has 0 amide bonds. The Bertz CT molecular complexity index is 441. The van der Waals surface area contributed by atoms with E-state index in [-0.39, 0.29) is 6.04 Å². The first-order valence-corrected chi connectivity index (χ1v) is 5.10. The Morgan fingerprint density at radius 2 is 2.38 bits per heavy atom. The van der Waals surface area contributed by atoms with Crippen LogP contribution in [0.3, 0.4) is 0 Å². The summed E-state index contributed by atoms with van der Waals surface area (Å²) < 4.78 is 5.27. The summed E-state index contributed by atoms with van der Waals surface area (Å²) in [6, 6.07) is 5.76. The molecular weight excluding hydrogens is 204 g/mol. The van der Waals surface area contributed by atoms with Gasteiger partial charge in [0.15, 0.2) is 0 Å². The monoisotopic (exact) mass is 218 g/mol. The van der Waals surface area contributed by atoms with Gasteiger partial charge in [0, 0.05) is 18.5 Å². The Kier molecular flexibility index (Phi) is 3.05. The minimum absolute atomic E-state index is 0.223. The second-order valence-electron chi connectivity index (χ2n) is 3.66. The quantitative estimate of drug-likeness (QED) is 0.816. The lowest BCUT2D eigenvalue weighted by atomic mass is 10.2. The summed E-state index contributed by atoms with van der Waals surface area (Å²) in [4.78, 5) is 7.91. The van der Waals surface area contributed by atoms with E-state index in [2.05, 4.69) is 22.2 Å². The SMILES string of the molecule is CC(Cc1ccco1)Nc1cc(N)ncn1. The fourth-order valence-corrected chi connectivity index (χ4v) is 1.49. The number of hydrogen-bond acceptors (Lipinski definition) is 5. The van der Waals surface area contributed by atoms with Gasteiger partial charge in [0.05, 0.1) is 6.26 Å². The topological polar surface area (TPSA) is 77.0 Å². The lowest BCUT2D eigenvalue weighted by molar-refractivity contribution is 0.497. The summed E-state index contributed by atoms with van der Waals surface area (Å²) in [7, 11) is 0. The van der Waals surface area contributed by atoms with Gasteiger partial charge in [0.1, 0.15) is 23.7 Å². The van der Waals surface area contributed by atoms with Crippen LogP contribution in [0.25, 0.3) is 0 Å². The van der Waals surface area contributed by atoms with Crippen molar-refractivity contribution in [2.24, 2.45) is 0 Å². The van der Waals surface area contributed by atoms with Gasteiger partial charge in [0.25, 0.3) is 0 Å². The summed E-state index contributed by atoms with van der Waals surface area (Å²) >= 11 is 0. The van der Waals surface area contributed by atoms with Gasteiger partial charge in [-0.25, -0.2) is 9.97 Å². The van der Waals surface area contributed by atoms with E-state index in [0.29, 0.717) is 5.82 Å². The van der Waals surface area contributed by atoms with Crippen molar-refractivity contribution < 1.29 is 4.42 Å². The van der Waals surface area contributed by atoms with Crippen LogP contribution in [-0.4, -0.2) is 16.0 Å². The van der Waals surface area contributed by atoms with Crippen LogP contribution in [0.15, 0.2) is 35.2 Å². The summed E-state index contributed by atoms with van der Waals surface area (Å²) in [6.45, 7) is 2.06. The van der Waals surface area contributed by atoms with Crippen molar-refractivity contribution in [3.05, 3.63) is 36.5 Å². The molecule has 0 bridgehead atoms. The van der Waals surface area contributed by atoms with Crippen LogP contribution in [-0.2, 0) is 6.42 Å². The van der Waals surface area contributed by atoms with Crippen molar-refractivity contribution in [2.45, 2.75) is 19.4 Å². The number of nitrogens with one attached hydrogen (secondary N) is 1. The van der Waals surface area contributed by atoms with Crippen molar-refractivity contribution in [1.82, 2.24) is 9.97 Å². The first-order valence-electron chi connectivity index (χ1n) is 5.10. The Morgan fingerprint density at radius 3 is 3.06 bits per heavy atom. The van der Waals surface area contributed by atoms with E-state index in [9.17, 15) is 0 Å². The minimum atomic E-state index is 0.223. The van der Waals surface area contributed by atoms with Gasteiger partial charge in [-0.15, -0.1) is 0 Å². The zero-order valence-corrected chi connectivity index (χ0v) is 9.05. The average molecular weight is 218 g/mol. The highest BCUT2D eigenvalue weighted by atomic mass is 16.3. The van der Waals surface area contributed by atoms with Crippen LogP contribution < -0.4 is 11.1 Å². The summed E-state index contributed by atoms with van der Waals surface area (Å²) in [6.07, 6.45) is 3.92. The molecule has 0 radical (unpaired) electrons. The normalized spacial score (nSPS) is 12.3. The van der Waals surface area contributed by atoms with E-state index in [0.717, 1.165) is 18.0 Å². The summed E-state index contributed by atoms with van der Waals surface area (Å²) in [5, 5.41) is 3.23. The third-order valence-corrected chi connectivity index (χ3v) is 2.17. The van der Waals surface area contributed by atoms with Crippen LogP contribution in [0.1, 0.15) is 12.7 Å². The van der Waals surface area contributed by atoms with Gasteiger partial charge in [-0.1, -0.05) is 0 Å². The molecule has 0 aliphatic rings. The molecule has 0 fully saturated rings. The van der Waals surface area contributed by atoms with E-state index in [1.54, 1.807) is 12.3 Å². The molecule has 3 N–H and O–H groups in total. The van der Waals surface area contributed by atoms with E-state index in [1.807, 2.05) is 12.1 Å². The van der Waals surface area contributed by atoms with Crippen LogP contribution in [0, 0.1) is 0 Å². The molecule has 5 nitrogen and oxygen atoms in total. The minimum Gasteiger partial charge on any atom is -0.469 e. The second kappa shape index (κ2) is 4.65. The van der Waals surface area contributed by atoms with Gasteiger partial charge < -0.3 is 15.5 Å². The Balaban J connectivity index is 1.94. The predicted molar refractivity (Wildman–Crippen MR) is 61.9 cm³/mol. The Hall–Kier alpha value is -2.04. The van der Waals surface area contributed by atoms with E-state index < -0.39 is 0 Å². The molecule has 0 aliphatic heterocycles. The molecule has 2 heterocycles. The molecule has 84 valence electrons. The molecule has 1 atom stereocenters. The highest BCUT2D eigenvalue weighted by Crippen LogP contribution is 2.10. The second-order valence-corrected chi connectivity index (χ2v) is 3.66. The maximum atomic E-state index is 5.56. The van der Waals surface area contributed by atoms with Gasteiger partial charge in [-0.05, 0) is 19.1 Å². The van der Waals surface area contributed by atoms with Crippen LogP contribution in [0.2, 0.25) is 0 Å². The van der Waals surface area contributed by atoms with Crippen molar-refractivity contribution in [3.63, 3.8) is 0 Å². The molecule has 2 rings (SSSR count). The summed E-state index contributed by atoms with van der Waals surface area (Å²) in [5.74, 6) is 2.14. The van der Waals surface area contributed by atoms with Gasteiger partial charge in [-0.2, -0.15) is 0 Å². The number of aromatic nitrogens is 2. The molecule has 16 heavy (non-hydrogen) atoms. The van der Waals surface area contributed by atoms with E-state index >= 15 is 0 Å². The zero-order chi connectivity index (χ0) is 11.4. The molecule has 5 heteroatoms. The van der Waals surface area contributed by atoms with Gasteiger partial charge in [-0.3, -0.25) is 0 Å². The van der Waals surface area contributed by atoms with E-state index in [4.69, 9.17) is 10.2 Å². The van der Waals surface area contributed by atoms with E-state index in [1.165, 1.54) is 6.33 Å². The smallest absolute Gasteiger partial charge is 0.131 e. The third kappa shape index (κ3) is 2.73. The highest BCUT2D eigenvalue weighted by molar-refractivity contribution is 5.43. The van der Waals surface area contributed by atoms with Crippen molar-refractivity contribution in [1.29, 1.82) is 0 Å². The number of nitrogen functional groups attached to an aromatic ring is 1. The van der Waals surface area contributed by atoms with Crippen LogP contribution in [0.4, 0.5) is 11.6 Å². The first-order chi connectivity index (χ1) is 7.74. The molecule has 0 aromatic carbocycles. The molecule has 0 saturated heterocycles. The maximum Gasteiger partial charge on any atom is 0.131 e. The van der Waals surface area contributed by atoms with Gasteiger partial charge >= 0.3 is 0 Å². The fourth-order valence-electron chi connectivity index (χ4n) is 1.49. The lowest BCUT2D eigenvalue weighted by Crippen LogP contribution is -2.18. The fraction of sp³-hybridized carbons (Fsp3) is 0.273. The highest BCUT2D eigenvalue weighted by Gasteiger charge is 2.06. The van der Waals surface area contributed by atoms with Crippen molar-refractivity contribution in [2.75, 3.05) is 11.1 Å².